The Bertz CT molecular complexity index is 401. The summed E-state index contributed by atoms with van der Waals surface area (Å²) in [6, 6.07) is 7.30. The maximum atomic E-state index is 11.7. The molecule has 0 radical (unpaired) electrons. The summed E-state index contributed by atoms with van der Waals surface area (Å²) in [5.74, 6) is -0.152. The second-order valence-corrected chi connectivity index (χ2v) is 3.77. The third-order valence-corrected chi connectivity index (χ3v) is 2.27. The second kappa shape index (κ2) is 7.32. The SMILES string of the molecule is CCOC(=O)NCCNC(=O)c1ccc(C)cc1. The van der Waals surface area contributed by atoms with E-state index in [1.165, 1.54) is 0 Å². The number of rotatable bonds is 5. The predicted octanol–water partition coefficient (Wildman–Crippen LogP) is 1.47. The van der Waals surface area contributed by atoms with E-state index in [9.17, 15) is 9.59 Å². The summed E-state index contributed by atoms with van der Waals surface area (Å²) in [6.45, 7) is 4.74. The first-order valence-electron chi connectivity index (χ1n) is 5.89. The number of aryl methyl sites for hydroxylation is 1. The van der Waals surface area contributed by atoms with E-state index in [0.29, 0.717) is 25.3 Å². The van der Waals surface area contributed by atoms with Gasteiger partial charge in [0.25, 0.3) is 5.91 Å². The van der Waals surface area contributed by atoms with Crippen LogP contribution in [0.5, 0.6) is 0 Å². The van der Waals surface area contributed by atoms with Crippen molar-refractivity contribution in [3.63, 3.8) is 0 Å². The average Bonchev–Trinajstić information content (AvgIpc) is 2.35. The Hall–Kier alpha value is -2.04. The van der Waals surface area contributed by atoms with Crippen molar-refractivity contribution in [2.45, 2.75) is 13.8 Å². The highest BCUT2D eigenvalue weighted by molar-refractivity contribution is 5.94. The van der Waals surface area contributed by atoms with Crippen LogP contribution in [0.1, 0.15) is 22.8 Å². The Morgan fingerprint density at radius 3 is 2.33 bits per heavy atom. The monoisotopic (exact) mass is 250 g/mol. The van der Waals surface area contributed by atoms with E-state index in [-0.39, 0.29) is 5.91 Å². The summed E-state index contributed by atoms with van der Waals surface area (Å²) < 4.78 is 4.68. The average molecular weight is 250 g/mol. The first kappa shape index (κ1) is 14.0. The molecule has 0 atom stereocenters. The molecular weight excluding hydrogens is 232 g/mol. The lowest BCUT2D eigenvalue weighted by molar-refractivity contribution is 0.0952. The highest BCUT2D eigenvalue weighted by atomic mass is 16.5. The van der Waals surface area contributed by atoms with Crippen LogP contribution in [-0.4, -0.2) is 31.7 Å². The van der Waals surface area contributed by atoms with Gasteiger partial charge in [0, 0.05) is 18.7 Å². The Morgan fingerprint density at radius 2 is 1.72 bits per heavy atom. The minimum Gasteiger partial charge on any atom is -0.450 e. The standard InChI is InChI=1S/C13H18N2O3/c1-3-18-13(17)15-9-8-14-12(16)11-6-4-10(2)5-7-11/h4-7H,3,8-9H2,1-2H3,(H,14,16)(H,15,17). The molecule has 0 saturated heterocycles. The van der Waals surface area contributed by atoms with Gasteiger partial charge in [0.05, 0.1) is 6.61 Å². The predicted molar refractivity (Wildman–Crippen MR) is 68.5 cm³/mol. The van der Waals surface area contributed by atoms with Crippen LogP contribution < -0.4 is 10.6 Å². The van der Waals surface area contributed by atoms with E-state index < -0.39 is 6.09 Å². The van der Waals surface area contributed by atoms with E-state index in [1.807, 2.05) is 19.1 Å². The number of amides is 2. The van der Waals surface area contributed by atoms with Crippen molar-refractivity contribution in [1.29, 1.82) is 0 Å². The molecule has 0 aliphatic carbocycles. The molecule has 0 aliphatic heterocycles. The number of nitrogens with one attached hydrogen (secondary N) is 2. The molecular formula is C13H18N2O3. The van der Waals surface area contributed by atoms with Crippen LogP contribution in [0.4, 0.5) is 4.79 Å². The summed E-state index contributed by atoms with van der Waals surface area (Å²) in [4.78, 5) is 22.6. The van der Waals surface area contributed by atoms with Crippen molar-refractivity contribution >= 4 is 12.0 Å². The number of benzene rings is 1. The van der Waals surface area contributed by atoms with Gasteiger partial charge in [0.15, 0.2) is 0 Å². The molecule has 1 aromatic carbocycles. The van der Waals surface area contributed by atoms with E-state index in [0.717, 1.165) is 5.56 Å². The van der Waals surface area contributed by atoms with Gasteiger partial charge in [-0.05, 0) is 26.0 Å². The molecule has 1 rings (SSSR count). The lowest BCUT2D eigenvalue weighted by Gasteiger charge is -2.07. The zero-order valence-electron chi connectivity index (χ0n) is 10.7. The van der Waals surface area contributed by atoms with Crippen molar-refractivity contribution < 1.29 is 14.3 Å². The largest absolute Gasteiger partial charge is 0.450 e. The van der Waals surface area contributed by atoms with E-state index in [2.05, 4.69) is 15.4 Å². The number of hydrogen-bond donors (Lipinski definition) is 2. The zero-order valence-corrected chi connectivity index (χ0v) is 10.7. The number of ether oxygens (including phenoxy) is 1. The molecule has 18 heavy (non-hydrogen) atoms. The van der Waals surface area contributed by atoms with Gasteiger partial charge in [-0.25, -0.2) is 4.79 Å². The van der Waals surface area contributed by atoms with Crippen molar-refractivity contribution in [3.8, 4) is 0 Å². The minimum absolute atomic E-state index is 0.152. The molecule has 0 aliphatic rings. The van der Waals surface area contributed by atoms with Crippen LogP contribution in [0.15, 0.2) is 24.3 Å². The molecule has 0 aromatic heterocycles. The first-order valence-corrected chi connectivity index (χ1v) is 5.89. The zero-order chi connectivity index (χ0) is 13.4. The summed E-state index contributed by atoms with van der Waals surface area (Å²) in [5.41, 5.74) is 1.72. The van der Waals surface area contributed by atoms with Gasteiger partial charge in [-0.1, -0.05) is 17.7 Å². The van der Waals surface area contributed by atoms with Crippen LogP contribution in [0.2, 0.25) is 0 Å². The molecule has 0 spiro atoms. The molecule has 98 valence electrons. The Kier molecular flexibility index (Phi) is 5.70. The van der Waals surface area contributed by atoms with Gasteiger partial charge in [0.1, 0.15) is 0 Å². The highest BCUT2D eigenvalue weighted by Crippen LogP contribution is 2.02. The maximum Gasteiger partial charge on any atom is 0.407 e. The van der Waals surface area contributed by atoms with Crippen LogP contribution >= 0.6 is 0 Å². The van der Waals surface area contributed by atoms with Gasteiger partial charge >= 0.3 is 6.09 Å². The molecule has 0 heterocycles. The molecule has 5 heteroatoms. The summed E-state index contributed by atoms with van der Waals surface area (Å²) >= 11 is 0. The highest BCUT2D eigenvalue weighted by Gasteiger charge is 2.04. The molecule has 2 amide bonds. The fourth-order valence-corrected chi connectivity index (χ4v) is 1.33. The summed E-state index contributed by atoms with van der Waals surface area (Å²) in [5, 5.41) is 5.23. The fraction of sp³-hybridized carbons (Fsp3) is 0.385. The lowest BCUT2D eigenvalue weighted by atomic mass is 10.1. The molecule has 1 aromatic rings. The van der Waals surface area contributed by atoms with E-state index in [1.54, 1.807) is 19.1 Å². The Balaban J connectivity index is 2.25. The van der Waals surface area contributed by atoms with E-state index >= 15 is 0 Å². The van der Waals surface area contributed by atoms with Crippen molar-refractivity contribution in [3.05, 3.63) is 35.4 Å². The molecule has 0 saturated carbocycles. The van der Waals surface area contributed by atoms with Crippen LogP contribution in [-0.2, 0) is 4.74 Å². The van der Waals surface area contributed by atoms with Crippen molar-refractivity contribution in [1.82, 2.24) is 10.6 Å². The first-order chi connectivity index (χ1) is 8.63. The summed E-state index contributed by atoms with van der Waals surface area (Å²) in [7, 11) is 0. The molecule has 2 N–H and O–H groups in total. The maximum absolute atomic E-state index is 11.7. The van der Waals surface area contributed by atoms with Gasteiger partial charge in [-0.15, -0.1) is 0 Å². The van der Waals surface area contributed by atoms with Crippen molar-refractivity contribution in [2.75, 3.05) is 19.7 Å². The number of carbonyl (C=O) groups excluding carboxylic acids is 2. The van der Waals surface area contributed by atoms with Crippen LogP contribution in [0.3, 0.4) is 0 Å². The number of hydrogen-bond acceptors (Lipinski definition) is 3. The number of carbonyl (C=O) groups is 2. The fourth-order valence-electron chi connectivity index (χ4n) is 1.33. The quantitative estimate of drug-likeness (QED) is 0.778. The summed E-state index contributed by atoms with van der Waals surface area (Å²) in [6.07, 6.45) is -0.470. The minimum atomic E-state index is -0.470. The van der Waals surface area contributed by atoms with E-state index in [4.69, 9.17) is 0 Å². The number of alkyl carbamates (subject to hydrolysis) is 1. The molecule has 0 unspecified atom stereocenters. The van der Waals surface area contributed by atoms with Gasteiger partial charge in [0.2, 0.25) is 0 Å². The molecule has 5 nitrogen and oxygen atoms in total. The van der Waals surface area contributed by atoms with Crippen molar-refractivity contribution in [2.24, 2.45) is 0 Å². The normalized spacial score (nSPS) is 9.67. The Morgan fingerprint density at radius 1 is 1.11 bits per heavy atom. The van der Waals surface area contributed by atoms with Gasteiger partial charge < -0.3 is 15.4 Å². The third-order valence-electron chi connectivity index (χ3n) is 2.27. The second-order valence-electron chi connectivity index (χ2n) is 3.77. The van der Waals surface area contributed by atoms with Gasteiger partial charge in [-0.3, -0.25) is 4.79 Å². The van der Waals surface area contributed by atoms with Crippen LogP contribution in [0.25, 0.3) is 0 Å². The smallest absolute Gasteiger partial charge is 0.407 e. The molecule has 0 fully saturated rings. The topological polar surface area (TPSA) is 67.4 Å². The lowest BCUT2D eigenvalue weighted by Crippen LogP contribution is -2.34. The third kappa shape index (κ3) is 4.86. The van der Waals surface area contributed by atoms with Gasteiger partial charge in [-0.2, -0.15) is 0 Å². The molecule has 0 bridgehead atoms. The Labute approximate surface area is 107 Å². The van der Waals surface area contributed by atoms with Crippen LogP contribution in [0, 0.1) is 6.92 Å².